The quantitative estimate of drug-likeness (QED) is 0.540. The maximum atomic E-state index is 12.5. The van der Waals surface area contributed by atoms with Gasteiger partial charge in [-0.3, -0.25) is 10.2 Å². The van der Waals surface area contributed by atoms with Crippen LogP contribution in [0.15, 0.2) is 41.7 Å². The number of aromatic amines is 1. The molecule has 4 rings (SSSR count). The standard InChI is InChI=1S/C17H16N4O5/c22-14-12(8-10-9-19-15-11(10)2-1-3-18-15)26-16(13(14)17(23)24)20-21-4-6-25-7-5-21/h1-3,8-9,20H,4-7H2,(H,18,19)(H,23,24). The first-order valence-corrected chi connectivity index (χ1v) is 8.07. The van der Waals surface area contributed by atoms with Gasteiger partial charge in [-0.25, -0.2) is 14.8 Å². The number of hydrazine groups is 1. The first kappa shape index (κ1) is 16.3. The average Bonchev–Trinajstić information content (AvgIpc) is 3.18. The Morgan fingerprint density at radius 2 is 2.19 bits per heavy atom. The van der Waals surface area contributed by atoms with Gasteiger partial charge in [-0.15, -0.1) is 0 Å². The average molecular weight is 356 g/mol. The van der Waals surface area contributed by atoms with Crippen molar-refractivity contribution in [2.45, 2.75) is 0 Å². The fourth-order valence-corrected chi connectivity index (χ4v) is 2.86. The third-order valence-corrected chi connectivity index (χ3v) is 4.14. The van der Waals surface area contributed by atoms with Crippen LogP contribution in [0.2, 0.25) is 0 Å². The molecule has 9 heteroatoms. The Morgan fingerprint density at radius 1 is 1.38 bits per heavy atom. The van der Waals surface area contributed by atoms with Crippen molar-refractivity contribution in [2.75, 3.05) is 26.3 Å². The molecule has 0 radical (unpaired) electrons. The van der Waals surface area contributed by atoms with Gasteiger partial charge in [0.05, 0.1) is 13.2 Å². The Labute approximate surface area is 147 Å². The van der Waals surface area contributed by atoms with Crippen LogP contribution in [0.5, 0.6) is 0 Å². The Morgan fingerprint density at radius 3 is 2.96 bits per heavy atom. The summed E-state index contributed by atoms with van der Waals surface area (Å²) in [7, 11) is 0. The molecule has 3 N–H and O–H groups in total. The SMILES string of the molecule is O=C(O)C1=C(NN2CCOCC2)OC(=Cc2c[nH]c3ncccc23)C1=O. The molecule has 1 fully saturated rings. The lowest BCUT2D eigenvalue weighted by Gasteiger charge is -2.27. The third kappa shape index (κ3) is 2.93. The van der Waals surface area contributed by atoms with Crippen molar-refractivity contribution < 1.29 is 24.2 Å². The number of rotatable bonds is 4. The number of pyridine rings is 1. The Kier molecular flexibility index (Phi) is 4.15. The van der Waals surface area contributed by atoms with Crippen LogP contribution in [-0.2, 0) is 19.1 Å². The maximum Gasteiger partial charge on any atom is 0.345 e. The predicted octanol–water partition coefficient (Wildman–Crippen LogP) is 0.636. The molecule has 0 saturated carbocycles. The van der Waals surface area contributed by atoms with E-state index in [-0.39, 0.29) is 11.6 Å². The van der Waals surface area contributed by atoms with Crippen molar-refractivity contribution in [3.63, 3.8) is 0 Å². The Balaban J connectivity index is 1.63. The molecule has 4 heterocycles. The van der Waals surface area contributed by atoms with E-state index >= 15 is 0 Å². The predicted molar refractivity (Wildman–Crippen MR) is 90.4 cm³/mol. The van der Waals surface area contributed by atoms with Crippen molar-refractivity contribution in [2.24, 2.45) is 0 Å². The molecular formula is C17H16N4O5. The van der Waals surface area contributed by atoms with Crippen molar-refractivity contribution >= 4 is 28.9 Å². The molecule has 0 aliphatic carbocycles. The van der Waals surface area contributed by atoms with Gasteiger partial charge in [0.25, 0.3) is 0 Å². The number of nitrogens with one attached hydrogen (secondary N) is 2. The molecule has 0 bridgehead atoms. The number of ketones is 1. The van der Waals surface area contributed by atoms with Gasteiger partial charge in [-0.05, 0) is 18.2 Å². The molecule has 0 atom stereocenters. The van der Waals surface area contributed by atoms with E-state index in [4.69, 9.17) is 9.47 Å². The number of allylic oxidation sites excluding steroid dienone is 1. The van der Waals surface area contributed by atoms with E-state index in [0.717, 1.165) is 5.39 Å². The fraction of sp³-hybridized carbons (Fsp3) is 0.235. The van der Waals surface area contributed by atoms with Gasteiger partial charge in [0, 0.05) is 36.4 Å². The molecule has 0 amide bonds. The minimum atomic E-state index is -1.34. The number of aliphatic carboxylic acids is 1. The van der Waals surface area contributed by atoms with Gasteiger partial charge in [0.2, 0.25) is 11.7 Å². The first-order chi connectivity index (χ1) is 12.6. The lowest BCUT2D eigenvalue weighted by molar-refractivity contribution is -0.134. The summed E-state index contributed by atoms with van der Waals surface area (Å²) in [5.74, 6) is -2.14. The van der Waals surface area contributed by atoms with Gasteiger partial charge in [-0.1, -0.05) is 0 Å². The summed E-state index contributed by atoms with van der Waals surface area (Å²) in [5.41, 5.74) is 3.82. The number of carboxylic acids is 1. The van der Waals surface area contributed by atoms with Crippen molar-refractivity contribution in [3.8, 4) is 0 Å². The number of hydrogen-bond donors (Lipinski definition) is 3. The number of Topliss-reactive ketones (excluding diaryl/α,β-unsaturated/α-hetero) is 1. The molecular weight excluding hydrogens is 340 g/mol. The first-order valence-electron chi connectivity index (χ1n) is 8.07. The monoisotopic (exact) mass is 356 g/mol. The van der Waals surface area contributed by atoms with Crippen molar-refractivity contribution in [1.29, 1.82) is 0 Å². The minimum absolute atomic E-state index is 0.0529. The van der Waals surface area contributed by atoms with E-state index in [1.54, 1.807) is 23.5 Å². The summed E-state index contributed by atoms with van der Waals surface area (Å²) < 4.78 is 10.8. The number of nitrogens with zero attached hydrogens (tertiary/aromatic N) is 2. The Hall–Kier alpha value is -3.17. The number of carboxylic acid groups (broad SMARTS) is 1. The van der Waals surface area contributed by atoms with Gasteiger partial charge in [0.15, 0.2) is 11.3 Å². The number of fused-ring (bicyclic) bond motifs is 1. The lowest BCUT2D eigenvalue weighted by atomic mass is 10.1. The summed E-state index contributed by atoms with van der Waals surface area (Å²) >= 11 is 0. The van der Waals surface area contributed by atoms with E-state index in [1.165, 1.54) is 6.08 Å². The van der Waals surface area contributed by atoms with Crippen LogP contribution in [0.25, 0.3) is 17.1 Å². The zero-order valence-corrected chi connectivity index (χ0v) is 13.7. The summed E-state index contributed by atoms with van der Waals surface area (Å²) in [6.45, 7) is 2.14. The zero-order valence-electron chi connectivity index (χ0n) is 13.7. The van der Waals surface area contributed by atoms with Crippen molar-refractivity contribution in [1.82, 2.24) is 20.4 Å². The summed E-state index contributed by atoms with van der Waals surface area (Å²) in [5, 5.41) is 12.0. The number of carbonyl (C=O) groups is 2. The topological polar surface area (TPSA) is 117 Å². The van der Waals surface area contributed by atoms with Crippen LogP contribution >= 0.6 is 0 Å². The smallest absolute Gasteiger partial charge is 0.345 e. The lowest BCUT2D eigenvalue weighted by Crippen LogP contribution is -2.45. The molecule has 0 unspecified atom stereocenters. The highest BCUT2D eigenvalue weighted by molar-refractivity contribution is 6.26. The molecule has 0 aromatic carbocycles. The van der Waals surface area contributed by atoms with Crippen molar-refractivity contribution in [3.05, 3.63) is 47.3 Å². The number of morpholine rings is 1. The number of H-pyrrole nitrogens is 1. The molecule has 134 valence electrons. The van der Waals surface area contributed by atoms with E-state index in [2.05, 4.69) is 15.4 Å². The van der Waals surface area contributed by atoms with Crippen LogP contribution in [-0.4, -0.2) is 58.1 Å². The number of ether oxygens (including phenoxy) is 2. The Bertz CT molecular complexity index is 940. The van der Waals surface area contributed by atoms with Crippen LogP contribution in [0.1, 0.15) is 5.56 Å². The van der Waals surface area contributed by atoms with Gasteiger partial charge in [-0.2, -0.15) is 0 Å². The molecule has 2 aliphatic heterocycles. The fourth-order valence-electron chi connectivity index (χ4n) is 2.86. The normalized spacial score (nSPS) is 20.0. The largest absolute Gasteiger partial charge is 0.477 e. The summed E-state index contributed by atoms with van der Waals surface area (Å²) in [6.07, 6.45) is 4.86. The number of hydrogen-bond acceptors (Lipinski definition) is 7. The van der Waals surface area contributed by atoms with Gasteiger partial charge in [0.1, 0.15) is 5.65 Å². The molecule has 0 spiro atoms. The van der Waals surface area contributed by atoms with Gasteiger partial charge < -0.3 is 19.6 Å². The van der Waals surface area contributed by atoms with Crippen LogP contribution in [0.3, 0.4) is 0 Å². The van der Waals surface area contributed by atoms with Crippen LogP contribution in [0.4, 0.5) is 0 Å². The highest BCUT2D eigenvalue weighted by atomic mass is 16.5. The third-order valence-electron chi connectivity index (χ3n) is 4.14. The maximum absolute atomic E-state index is 12.5. The highest BCUT2D eigenvalue weighted by Crippen LogP contribution is 2.27. The zero-order chi connectivity index (χ0) is 18.1. The van der Waals surface area contributed by atoms with Gasteiger partial charge >= 0.3 is 5.97 Å². The summed E-state index contributed by atoms with van der Waals surface area (Å²) in [4.78, 5) is 31.2. The second-order valence-electron chi connectivity index (χ2n) is 5.80. The van der Waals surface area contributed by atoms with Crippen LogP contribution in [0, 0.1) is 0 Å². The molecule has 26 heavy (non-hydrogen) atoms. The molecule has 9 nitrogen and oxygen atoms in total. The highest BCUT2D eigenvalue weighted by Gasteiger charge is 2.36. The van der Waals surface area contributed by atoms with Crippen LogP contribution < -0.4 is 5.43 Å². The number of aromatic nitrogens is 2. The molecule has 2 aliphatic rings. The molecule has 2 aromatic rings. The van der Waals surface area contributed by atoms with E-state index in [0.29, 0.717) is 37.5 Å². The van der Waals surface area contributed by atoms with E-state index in [9.17, 15) is 14.7 Å². The molecule has 1 saturated heterocycles. The van der Waals surface area contributed by atoms with E-state index in [1.807, 2.05) is 6.07 Å². The second kappa shape index (κ2) is 6.62. The summed E-state index contributed by atoms with van der Waals surface area (Å²) in [6, 6.07) is 3.63. The molecule has 2 aromatic heterocycles. The number of carbonyl (C=O) groups excluding carboxylic acids is 1. The second-order valence-corrected chi connectivity index (χ2v) is 5.80. The van der Waals surface area contributed by atoms with E-state index < -0.39 is 17.3 Å². The minimum Gasteiger partial charge on any atom is -0.477 e.